The molecule has 0 amide bonds. The third-order valence-corrected chi connectivity index (χ3v) is 6.85. The highest BCUT2D eigenvalue weighted by atomic mass is 32.1. The first kappa shape index (κ1) is 13.9. The van der Waals surface area contributed by atoms with Crippen molar-refractivity contribution in [3.05, 3.63) is 70.9 Å². The molecule has 0 fully saturated rings. The fourth-order valence-corrected chi connectivity index (χ4v) is 5.34. The Hall–Kier alpha value is -1.68. The SMILES string of the molecule is Cc1ccc(-c2cc(-c3cccs3)sc2-c2cccs2)cc1. The molecule has 3 heterocycles. The standard InChI is InChI=1S/C19H14S3/c1-13-6-8-14(9-7-13)15-12-18(16-4-2-10-20-16)22-19(15)17-5-3-11-21-17/h2-12H,1H3. The lowest BCUT2D eigenvalue weighted by molar-refractivity contribution is 1.47. The minimum Gasteiger partial charge on any atom is -0.143 e. The number of hydrogen-bond acceptors (Lipinski definition) is 3. The van der Waals surface area contributed by atoms with Crippen LogP contribution in [0.3, 0.4) is 0 Å². The molecule has 0 saturated heterocycles. The molecule has 0 bridgehead atoms. The molecular formula is C19H14S3. The highest BCUT2D eigenvalue weighted by Crippen LogP contribution is 2.45. The van der Waals surface area contributed by atoms with E-state index in [2.05, 4.69) is 72.3 Å². The maximum atomic E-state index is 2.34. The van der Waals surface area contributed by atoms with Gasteiger partial charge in [-0.05, 0) is 41.4 Å². The average molecular weight is 339 g/mol. The first-order valence-electron chi connectivity index (χ1n) is 7.10. The predicted octanol–water partition coefficient (Wildman–Crippen LogP) is 7.18. The maximum absolute atomic E-state index is 2.34. The second kappa shape index (κ2) is 5.84. The Bertz CT molecular complexity index is 864. The third-order valence-electron chi connectivity index (χ3n) is 3.60. The highest BCUT2D eigenvalue weighted by molar-refractivity contribution is 7.26. The van der Waals surface area contributed by atoms with E-state index in [-0.39, 0.29) is 0 Å². The van der Waals surface area contributed by atoms with Crippen molar-refractivity contribution in [3.63, 3.8) is 0 Å². The Balaban J connectivity index is 1.90. The molecule has 0 aliphatic heterocycles. The summed E-state index contributed by atoms with van der Waals surface area (Å²) in [4.78, 5) is 5.43. The van der Waals surface area contributed by atoms with Crippen molar-refractivity contribution in [2.75, 3.05) is 0 Å². The monoisotopic (exact) mass is 338 g/mol. The van der Waals surface area contributed by atoms with Gasteiger partial charge in [-0.15, -0.1) is 34.0 Å². The quantitative estimate of drug-likeness (QED) is 0.371. The maximum Gasteiger partial charge on any atom is 0.0527 e. The van der Waals surface area contributed by atoms with Gasteiger partial charge >= 0.3 is 0 Å². The van der Waals surface area contributed by atoms with E-state index >= 15 is 0 Å². The van der Waals surface area contributed by atoms with Crippen molar-refractivity contribution in [1.29, 1.82) is 0 Å². The number of rotatable bonds is 3. The van der Waals surface area contributed by atoms with E-state index < -0.39 is 0 Å². The minimum absolute atomic E-state index is 1.30. The average Bonchev–Trinajstić information content (AvgIpc) is 3.27. The zero-order valence-corrected chi connectivity index (χ0v) is 14.5. The molecule has 22 heavy (non-hydrogen) atoms. The van der Waals surface area contributed by atoms with Gasteiger partial charge in [-0.3, -0.25) is 0 Å². The van der Waals surface area contributed by atoms with Gasteiger partial charge in [0, 0.05) is 20.2 Å². The summed E-state index contributed by atoms with van der Waals surface area (Å²) in [5.74, 6) is 0. The van der Waals surface area contributed by atoms with Gasteiger partial charge in [-0.2, -0.15) is 0 Å². The first-order valence-corrected chi connectivity index (χ1v) is 9.67. The molecule has 3 heteroatoms. The van der Waals surface area contributed by atoms with Crippen LogP contribution in [-0.4, -0.2) is 0 Å². The molecular weight excluding hydrogens is 324 g/mol. The molecule has 3 aromatic heterocycles. The Morgan fingerprint density at radius 1 is 0.727 bits per heavy atom. The zero-order chi connectivity index (χ0) is 14.9. The first-order chi connectivity index (χ1) is 10.8. The summed E-state index contributed by atoms with van der Waals surface area (Å²) in [5.41, 5.74) is 3.94. The molecule has 0 N–H and O–H groups in total. The van der Waals surface area contributed by atoms with Crippen molar-refractivity contribution in [2.24, 2.45) is 0 Å². The zero-order valence-electron chi connectivity index (χ0n) is 12.1. The second-order valence-electron chi connectivity index (χ2n) is 5.17. The summed E-state index contributed by atoms with van der Waals surface area (Å²) in [6.45, 7) is 2.13. The topological polar surface area (TPSA) is 0 Å². The van der Waals surface area contributed by atoms with Crippen molar-refractivity contribution in [2.45, 2.75) is 6.92 Å². The van der Waals surface area contributed by atoms with Gasteiger partial charge in [0.2, 0.25) is 0 Å². The molecule has 0 aliphatic carbocycles. The molecule has 0 radical (unpaired) electrons. The second-order valence-corrected chi connectivity index (χ2v) is 8.12. The van der Waals surface area contributed by atoms with Crippen LogP contribution in [0.25, 0.3) is 30.6 Å². The van der Waals surface area contributed by atoms with Crippen LogP contribution in [0.5, 0.6) is 0 Å². The van der Waals surface area contributed by atoms with Gasteiger partial charge in [-0.25, -0.2) is 0 Å². The van der Waals surface area contributed by atoms with E-state index in [1.807, 2.05) is 22.7 Å². The van der Waals surface area contributed by atoms with Crippen molar-refractivity contribution < 1.29 is 0 Å². The van der Waals surface area contributed by atoms with E-state index in [4.69, 9.17) is 0 Å². The normalized spacial score (nSPS) is 11.0. The van der Waals surface area contributed by atoms with Gasteiger partial charge < -0.3 is 0 Å². The molecule has 0 nitrogen and oxygen atoms in total. The van der Waals surface area contributed by atoms with Crippen LogP contribution in [0.4, 0.5) is 0 Å². The summed E-state index contributed by atoms with van der Waals surface area (Å²) in [6.07, 6.45) is 0. The van der Waals surface area contributed by atoms with Crippen molar-refractivity contribution in [1.82, 2.24) is 0 Å². The molecule has 108 valence electrons. The van der Waals surface area contributed by atoms with Gasteiger partial charge in [0.05, 0.1) is 4.88 Å². The Kier molecular flexibility index (Phi) is 3.70. The van der Waals surface area contributed by atoms with Gasteiger partial charge in [0.1, 0.15) is 0 Å². The number of benzene rings is 1. The molecule has 0 atom stereocenters. The Morgan fingerprint density at radius 2 is 1.41 bits per heavy atom. The highest BCUT2D eigenvalue weighted by Gasteiger charge is 2.15. The number of hydrogen-bond donors (Lipinski definition) is 0. The fraction of sp³-hybridized carbons (Fsp3) is 0.0526. The summed E-state index contributed by atoms with van der Waals surface area (Å²) in [6, 6.07) is 19.8. The lowest BCUT2D eigenvalue weighted by Gasteiger charge is -2.02. The molecule has 0 unspecified atom stereocenters. The molecule has 4 rings (SSSR count). The molecule has 0 spiro atoms. The smallest absolute Gasteiger partial charge is 0.0527 e. The summed E-state index contributed by atoms with van der Waals surface area (Å²) in [5, 5.41) is 4.30. The third kappa shape index (κ3) is 2.56. The lowest BCUT2D eigenvalue weighted by atomic mass is 10.0. The predicted molar refractivity (Wildman–Crippen MR) is 101 cm³/mol. The van der Waals surface area contributed by atoms with E-state index in [9.17, 15) is 0 Å². The van der Waals surface area contributed by atoms with E-state index in [1.165, 1.54) is 36.2 Å². The summed E-state index contributed by atoms with van der Waals surface area (Å²) < 4.78 is 0. The van der Waals surface area contributed by atoms with Crippen LogP contribution in [0, 0.1) is 6.92 Å². The van der Waals surface area contributed by atoms with Crippen LogP contribution in [0.2, 0.25) is 0 Å². The van der Waals surface area contributed by atoms with Crippen LogP contribution < -0.4 is 0 Å². The largest absolute Gasteiger partial charge is 0.143 e. The van der Waals surface area contributed by atoms with Gasteiger partial charge in [0.15, 0.2) is 0 Å². The van der Waals surface area contributed by atoms with Crippen LogP contribution >= 0.6 is 34.0 Å². The van der Waals surface area contributed by atoms with Crippen LogP contribution in [0.15, 0.2) is 65.4 Å². The summed E-state index contributed by atoms with van der Waals surface area (Å²) in [7, 11) is 0. The van der Waals surface area contributed by atoms with E-state index in [0.29, 0.717) is 0 Å². The Morgan fingerprint density at radius 3 is 2.05 bits per heavy atom. The van der Waals surface area contributed by atoms with E-state index in [0.717, 1.165) is 0 Å². The minimum atomic E-state index is 1.30. The van der Waals surface area contributed by atoms with Crippen molar-refractivity contribution in [3.8, 4) is 30.6 Å². The number of thiophene rings is 3. The van der Waals surface area contributed by atoms with Gasteiger partial charge in [-0.1, -0.05) is 42.0 Å². The number of aryl methyl sites for hydroxylation is 1. The van der Waals surface area contributed by atoms with E-state index in [1.54, 1.807) is 11.3 Å². The van der Waals surface area contributed by atoms with Crippen molar-refractivity contribution >= 4 is 34.0 Å². The van der Waals surface area contributed by atoms with Gasteiger partial charge in [0.25, 0.3) is 0 Å². The summed E-state index contributed by atoms with van der Waals surface area (Å²) >= 11 is 5.51. The fourth-order valence-electron chi connectivity index (χ4n) is 2.47. The molecule has 1 aromatic carbocycles. The molecule has 4 aromatic rings. The Labute approximate surface area is 142 Å². The van der Waals surface area contributed by atoms with Crippen LogP contribution in [-0.2, 0) is 0 Å². The lowest BCUT2D eigenvalue weighted by Crippen LogP contribution is -1.77. The van der Waals surface area contributed by atoms with Crippen LogP contribution in [0.1, 0.15) is 5.56 Å². The molecule has 0 saturated carbocycles. The molecule has 0 aliphatic rings.